The second kappa shape index (κ2) is 3.38. The van der Waals surface area contributed by atoms with Crippen molar-refractivity contribution >= 4 is 5.78 Å². The first-order chi connectivity index (χ1) is 5.11. The molecule has 0 saturated heterocycles. The molecule has 0 amide bonds. The number of ketones is 1. The van der Waals surface area contributed by atoms with Gasteiger partial charge in [-0.15, -0.1) is 0 Å². The summed E-state index contributed by atoms with van der Waals surface area (Å²) >= 11 is 0. The quantitative estimate of drug-likeness (QED) is 0.597. The van der Waals surface area contributed by atoms with Gasteiger partial charge in [-0.1, -0.05) is 13.8 Å². The Labute approximate surface area is 69.2 Å². The normalized spacial score (nSPS) is 31.3. The smallest absolute Gasteiger partial charge is 0.132 e. The molecular weight excluding hydrogens is 136 g/mol. The minimum Gasteiger partial charge on any atom is -0.300 e. The predicted molar refractivity (Wildman–Crippen MR) is 46.4 cm³/mol. The van der Waals surface area contributed by atoms with E-state index in [4.69, 9.17) is 0 Å². The van der Waals surface area contributed by atoms with Gasteiger partial charge in [-0.05, 0) is 38.0 Å². The lowest BCUT2D eigenvalue weighted by Crippen LogP contribution is -2.08. The summed E-state index contributed by atoms with van der Waals surface area (Å²) in [7, 11) is 0. The number of hydrogen-bond acceptors (Lipinski definition) is 1. The number of hydrogen-bond donors (Lipinski definition) is 0. The minimum absolute atomic E-state index is 0.391. The van der Waals surface area contributed by atoms with Gasteiger partial charge >= 0.3 is 0 Å². The van der Waals surface area contributed by atoms with Crippen molar-refractivity contribution < 1.29 is 4.79 Å². The minimum atomic E-state index is 0.391. The highest BCUT2D eigenvalue weighted by atomic mass is 16.1. The first-order valence-corrected chi connectivity index (χ1v) is 4.61. The lowest BCUT2D eigenvalue weighted by molar-refractivity contribution is -0.120. The van der Waals surface area contributed by atoms with Gasteiger partial charge in [-0.3, -0.25) is 4.79 Å². The van der Waals surface area contributed by atoms with Crippen LogP contribution in [-0.2, 0) is 4.79 Å². The van der Waals surface area contributed by atoms with Crippen molar-refractivity contribution in [3.63, 3.8) is 0 Å². The lowest BCUT2D eigenvalue weighted by atomic mass is 9.93. The summed E-state index contributed by atoms with van der Waals surface area (Å²) in [6.07, 6.45) is 3.55. The average Bonchev–Trinajstić information content (AvgIpc) is 2.33. The van der Waals surface area contributed by atoms with Crippen LogP contribution in [0.2, 0.25) is 0 Å². The van der Waals surface area contributed by atoms with Crippen LogP contribution in [0.25, 0.3) is 0 Å². The van der Waals surface area contributed by atoms with Crippen molar-refractivity contribution in [3.8, 4) is 0 Å². The predicted octanol–water partition coefficient (Wildman–Crippen LogP) is 2.65. The summed E-state index contributed by atoms with van der Waals surface area (Å²) in [5.41, 5.74) is 0. The van der Waals surface area contributed by atoms with E-state index in [0.717, 1.165) is 24.7 Å². The molecule has 0 aliphatic heterocycles. The Bertz CT molecular complexity index is 149. The highest BCUT2D eigenvalue weighted by Crippen LogP contribution is 2.35. The zero-order chi connectivity index (χ0) is 8.43. The van der Waals surface area contributed by atoms with Crippen LogP contribution in [-0.4, -0.2) is 5.78 Å². The third-order valence-corrected chi connectivity index (χ3v) is 2.99. The van der Waals surface area contributed by atoms with E-state index in [1.165, 1.54) is 6.42 Å². The topological polar surface area (TPSA) is 17.1 Å². The molecule has 0 heterocycles. The van der Waals surface area contributed by atoms with Gasteiger partial charge in [-0.2, -0.15) is 0 Å². The van der Waals surface area contributed by atoms with E-state index in [2.05, 4.69) is 13.8 Å². The number of carbonyl (C=O) groups is 1. The largest absolute Gasteiger partial charge is 0.300 e. The summed E-state index contributed by atoms with van der Waals surface area (Å²) in [5, 5.41) is 0. The Morgan fingerprint density at radius 3 is 2.27 bits per heavy atom. The van der Waals surface area contributed by atoms with Gasteiger partial charge in [0.2, 0.25) is 0 Å². The van der Waals surface area contributed by atoms with Gasteiger partial charge in [0.1, 0.15) is 5.78 Å². The summed E-state index contributed by atoms with van der Waals surface area (Å²) in [5.74, 6) is 2.36. The fourth-order valence-corrected chi connectivity index (χ4v) is 1.99. The van der Waals surface area contributed by atoms with Crippen molar-refractivity contribution in [1.82, 2.24) is 0 Å². The molecule has 0 aromatic rings. The standard InChI is InChI=1S/C10H18O/c1-7(2)9-4-5-10(6-9)8(3)11/h7,9-10H,4-6H2,1-3H3/t9-,10+/m1/s1. The Morgan fingerprint density at radius 2 is 2.00 bits per heavy atom. The fraction of sp³-hybridized carbons (Fsp3) is 0.900. The van der Waals surface area contributed by atoms with E-state index in [0.29, 0.717) is 11.7 Å². The van der Waals surface area contributed by atoms with Crippen LogP contribution in [0, 0.1) is 17.8 Å². The molecule has 0 aromatic heterocycles. The van der Waals surface area contributed by atoms with Crippen molar-refractivity contribution in [2.45, 2.75) is 40.0 Å². The third kappa shape index (κ3) is 2.05. The monoisotopic (exact) mass is 154 g/mol. The molecule has 1 saturated carbocycles. The molecular formula is C10H18O. The van der Waals surface area contributed by atoms with Crippen molar-refractivity contribution in [1.29, 1.82) is 0 Å². The molecule has 64 valence electrons. The zero-order valence-corrected chi connectivity index (χ0v) is 7.76. The Hall–Kier alpha value is -0.330. The average molecular weight is 154 g/mol. The van der Waals surface area contributed by atoms with E-state index in [1.807, 2.05) is 0 Å². The molecule has 1 fully saturated rings. The fourth-order valence-electron chi connectivity index (χ4n) is 1.99. The summed E-state index contributed by atoms with van der Waals surface area (Å²) in [6, 6.07) is 0. The van der Waals surface area contributed by atoms with E-state index < -0.39 is 0 Å². The first-order valence-electron chi connectivity index (χ1n) is 4.61. The van der Waals surface area contributed by atoms with Crippen LogP contribution < -0.4 is 0 Å². The highest BCUT2D eigenvalue weighted by molar-refractivity contribution is 5.78. The molecule has 0 N–H and O–H groups in total. The SMILES string of the molecule is CC(=O)[C@H]1CC[C@@H](C(C)C)C1. The van der Waals surface area contributed by atoms with Gasteiger partial charge in [0.25, 0.3) is 0 Å². The van der Waals surface area contributed by atoms with Crippen LogP contribution in [0.5, 0.6) is 0 Å². The molecule has 1 nitrogen and oxygen atoms in total. The molecule has 1 aliphatic carbocycles. The van der Waals surface area contributed by atoms with Crippen molar-refractivity contribution in [2.75, 3.05) is 0 Å². The van der Waals surface area contributed by atoms with E-state index in [9.17, 15) is 4.79 Å². The maximum absolute atomic E-state index is 11.0. The van der Waals surface area contributed by atoms with Crippen LogP contribution in [0.1, 0.15) is 40.0 Å². The molecule has 0 unspecified atom stereocenters. The first kappa shape index (κ1) is 8.76. The number of Topliss-reactive ketones (excluding diaryl/α,β-unsaturated/α-hetero) is 1. The molecule has 1 aliphatic rings. The van der Waals surface area contributed by atoms with Crippen LogP contribution >= 0.6 is 0 Å². The highest BCUT2D eigenvalue weighted by Gasteiger charge is 2.28. The van der Waals surface area contributed by atoms with Crippen LogP contribution in [0.3, 0.4) is 0 Å². The van der Waals surface area contributed by atoms with E-state index >= 15 is 0 Å². The molecule has 1 rings (SSSR count). The van der Waals surface area contributed by atoms with Crippen LogP contribution in [0.4, 0.5) is 0 Å². The number of rotatable bonds is 2. The molecule has 1 heteroatoms. The third-order valence-electron chi connectivity index (χ3n) is 2.99. The maximum atomic E-state index is 11.0. The molecule has 0 radical (unpaired) electrons. The van der Waals surface area contributed by atoms with Crippen molar-refractivity contribution in [2.24, 2.45) is 17.8 Å². The summed E-state index contributed by atoms with van der Waals surface area (Å²) < 4.78 is 0. The Kier molecular flexibility index (Phi) is 2.69. The van der Waals surface area contributed by atoms with E-state index in [1.54, 1.807) is 6.92 Å². The maximum Gasteiger partial charge on any atom is 0.132 e. The van der Waals surface area contributed by atoms with Gasteiger partial charge in [0, 0.05) is 5.92 Å². The summed E-state index contributed by atoms with van der Waals surface area (Å²) in [4.78, 5) is 11.0. The van der Waals surface area contributed by atoms with E-state index in [-0.39, 0.29) is 0 Å². The van der Waals surface area contributed by atoms with Crippen molar-refractivity contribution in [3.05, 3.63) is 0 Å². The van der Waals surface area contributed by atoms with Gasteiger partial charge in [0.05, 0.1) is 0 Å². The molecule has 0 spiro atoms. The van der Waals surface area contributed by atoms with Gasteiger partial charge in [-0.25, -0.2) is 0 Å². The summed E-state index contributed by atoms with van der Waals surface area (Å²) in [6.45, 7) is 6.24. The Morgan fingerprint density at radius 1 is 1.36 bits per heavy atom. The second-order valence-electron chi connectivity index (χ2n) is 4.12. The van der Waals surface area contributed by atoms with Gasteiger partial charge < -0.3 is 0 Å². The Balaban J connectivity index is 2.41. The lowest BCUT2D eigenvalue weighted by Gasteiger charge is -2.13. The zero-order valence-electron chi connectivity index (χ0n) is 7.76. The molecule has 0 aromatic carbocycles. The molecule has 11 heavy (non-hydrogen) atoms. The molecule has 0 bridgehead atoms. The van der Waals surface area contributed by atoms with Gasteiger partial charge in [0.15, 0.2) is 0 Å². The molecule has 2 atom stereocenters. The second-order valence-corrected chi connectivity index (χ2v) is 4.12. The van der Waals surface area contributed by atoms with Crippen LogP contribution in [0.15, 0.2) is 0 Å². The number of carbonyl (C=O) groups excluding carboxylic acids is 1.